The van der Waals surface area contributed by atoms with Gasteiger partial charge in [-0.15, -0.1) is 11.3 Å². The van der Waals surface area contributed by atoms with Crippen LogP contribution in [0.2, 0.25) is 0 Å². The lowest BCUT2D eigenvalue weighted by Crippen LogP contribution is -2.53. The molecule has 1 N–H and O–H groups in total. The van der Waals surface area contributed by atoms with Crippen molar-refractivity contribution in [3.63, 3.8) is 0 Å². The average Bonchev–Trinajstić information content (AvgIpc) is 3.69. The predicted molar refractivity (Wildman–Crippen MR) is 168 cm³/mol. The lowest BCUT2D eigenvalue weighted by molar-refractivity contribution is -0.142. The molecular weight excluding hydrogens is 574 g/mol. The molecule has 2 atom stereocenters. The Morgan fingerprint density at radius 2 is 1.70 bits per heavy atom. The molecule has 0 unspecified atom stereocenters. The van der Waals surface area contributed by atoms with E-state index in [9.17, 15) is 14.4 Å². The van der Waals surface area contributed by atoms with Gasteiger partial charge in [0, 0.05) is 37.0 Å². The second-order valence-electron chi connectivity index (χ2n) is 11.4. The zero-order valence-corrected chi connectivity index (χ0v) is 25.7. The van der Waals surface area contributed by atoms with Crippen molar-refractivity contribution in [2.24, 2.45) is 0 Å². The van der Waals surface area contributed by atoms with Crippen molar-refractivity contribution in [1.82, 2.24) is 34.9 Å². The van der Waals surface area contributed by atoms with Gasteiger partial charge in [0.2, 0.25) is 11.8 Å². The first-order chi connectivity index (χ1) is 21.5. The highest BCUT2D eigenvalue weighted by Crippen LogP contribution is 2.26. The predicted octanol–water partition coefficient (Wildman–Crippen LogP) is 4.43. The van der Waals surface area contributed by atoms with Gasteiger partial charge in [0.05, 0.1) is 12.6 Å². The van der Waals surface area contributed by atoms with E-state index in [1.165, 1.54) is 11.3 Å². The van der Waals surface area contributed by atoms with Crippen LogP contribution in [-0.2, 0) is 22.6 Å². The molecule has 2 aliphatic heterocycles. The van der Waals surface area contributed by atoms with Gasteiger partial charge in [0.1, 0.15) is 28.4 Å². The van der Waals surface area contributed by atoms with Crippen molar-refractivity contribution >= 4 is 29.1 Å². The van der Waals surface area contributed by atoms with Gasteiger partial charge in [-0.2, -0.15) is 5.10 Å². The summed E-state index contributed by atoms with van der Waals surface area (Å²) in [4.78, 5) is 54.0. The molecule has 1 saturated heterocycles. The summed E-state index contributed by atoms with van der Waals surface area (Å²) in [6, 6.07) is 18.8. The molecule has 2 aromatic carbocycles. The molecule has 6 rings (SSSR count). The van der Waals surface area contributed by atoms with E-state index in [-0.39, 0.29) is 24.1 Å². The number of rotatable bonds is 4. The van der Waals surface area contributed by atoms with Crippen LogP contribution in [0.1, 0.15) is 65.8 Å². The van der Waals surface area contributed by atoms with E-state index in [2.05, 4.69) is 15.4 Å². The molecule has 228 valence electrons. The van der Waals surface area contributed by atoms with Gasteiger partial charge in [0.25, 0.3) is 5.91 Å². The smallest absolute Gasteiger partial charge is 0.273 e. The number of hydrogen-bond acceptors (Lipinski definition) is 7. The van der Waals surface area contributed by atoms with E-state index in [0.717, 1.165) is 29.0 Å². The molecule has 1 fully saturated rings. The molecule has 0 aliphatic carbocycles. The molecule has 3 amide bonds. The van der Waals surface area contributed by atoms with Gasteiger partial charge in [0.15, 0.2) is 0 Å². The molecule has 44 heavy (non-hydrogen) atoms. The summed E-state index contributed by atoms with van der Waals surface area (Å²) in [5.41, 5.74) is 2.41. The summed E-state index contributed by atoms with van der Waals surface area (Å²) in [6.07, 6.45) is 3.66. The van der Waals surface area contributed by atoms with Crippen LogP contribution in [0, 0.1) is 6.92 Å². The molecule has 4 aromatic rings. The summed E-state index contributed by atoms with van der Waals surface area (Å²) in [5, 5.41) is 10.5. The van der Waals surface area contributed by atoms with Crippen LogP contribution < -0.4 is 5.32 Å². The molecule has 0 bridgehead atoms. The topological polar surface area (TPSA) is 113 Å². The number of carbonyl (C=O) groups is 3. The van der Waals surface area contributed by atoms with Crippen LogP contribution in [0.4, 0.5) is 0 Å². The molecule has 11 heteroatoms. The van der Waals surface area contributed by atoms with Gasteiger partial charge in [-0.1, -0.05) is 60.7 Å². The van der Waals surface area contributed by atoms with Crippen LogP contribution in [0.3, 0.4) is 0 Å². The van der Waals surface area contributed by atoms with Crippen LogP contribution >= 0.6 is 11.3 Å². The molecule has 0 spiro atoms. The van der Waals surface area contributed by atoms with E-state index >= 15 is 0 Å². The van der Waals surface area contributed by atoms with Crippen LogP contribution in [0.15, 0.2) is 66.0 Å². The Bertz CT molecular complexity index is 1600. The zero-order chi connectivity index (χ0) is 30.5. The molecule has 2 aromatic heterocycles. The van der Waals surface area contributed by atoms with Crippen molar-refractivity contribution in [1.29, 1.82) is 0 Å². The van der Waals surface area contributed by atoms with Gasteiger partial charge in [-0.05, 0) is 44.6 Å². The zero-order valence-electron chi connectivity index (χ0n) is 24.9. The van der Waals surface area contributed by atoms with Crippen LogP contribution in [0.25, 0.3) is 10.6 Å². The first kappa shape index (κ1) is 29.7. The van der Waals surface area contributed by atoms with Gasteiger partial charge < -0.3 is 15.1 Å². The van der Waals surface area contributed by atoms with Crippen molar-refractivity contribution in [2.45, 2.75) is 64.1 Å². The first-order valence-corrected chi connectivity index (χ1v) is 16.2. The van der Waals surface area contributed by atoms with Crippen molar-refractivity contribution in [3.8, 4) is 10.6 Å². The average molecular weight is 612 g/mol. The molecular formula is C33H37N7O3S. The van der Waals surface area contributed by atoms with Gasteiger partial charge in [-0.3, -0.25) is 14.4 Å². The van der Waals surface area contributed by atoms with E-state index < -0.39 is 12.1 Å². The Hall–Kier alpha value is -4.38. The van der Waals surface area contributed by atoms with Gasteiger partial charge >= 0.3 is 0 Å². The third kappa shape index (κ3) is 6.72. The first-order valence-electron chi connectivity index (χ1n) is 15.3. The maximum atomic E-state index is 13.8. The SMILES string of the molecule is Cc1nc2n(n1)CCN(C(=O)c1csc(-c3ccccc3)n1)CCCC(=O)N1CCCC[C@H]1C(=O)N[C@@H]2Cc1ccccc1. The number of aromatic nitrogens is 4. The molecule has 10 nitrogen and oxygen atoms in total. The molecule has 0 radical (unpaired) electrons. The maximum absolute atomic E-state index is 13.8. The highest BCUT2D eigenvalue weighted by atomic mass is 32.1. The number of nitrogens with zero attached hydrogens (tertiary/aromatic N) is 6. The quantitative estimate of drug-likeness (QED) is 0.366. The fourth-order valence-electron chi connectivity index (χ4n) is 6.06. The largest absolute Gasteiger partial charge is 0.344 e. The minimum absolute atomic E-state index is 0.0482. The number of thiazole rings is 1. The third-order valence-corrected chi connectivity index (χ3v) is 9.17. The fourth-order valence-corrected chi connectivity index (χ4v) is 6.86. The molecule has 0 saturated carbocycles. The van der Waals surface area contributed by atoms with E-state index in [1.54, 1.807) is 15.2 Å². The van der Waals surface area contributed by atoms with Crippen LogP contribution in [0.5, 0.6) is 0 Å². The second kappa shape index (κ2) is 13.5. The number of fused-ring (bicyclic) bond motifs is 2. The Morgan fingerprint density at radius 3 is 2.50 bits per heavy atom. The monoisotopic (exact) mass is 611 g/mol. The van der Waals surface area contributed by atoms with Crippen molar-refractivity contribution in [3.05, 3.63) is 88.9 Å². The number of amides is 3. The second-order valence-corrected chi connectivity index (χ2v) is 12.2. The number of hydrogen-bond donors (Lipinski definition) is 1. The normalized spacial score (nSPS) is 19.9. The van der Waals surface area contributed by atoms with Crippen LogP contribution in [-0.4, -0.2) is 72.9 Å². The van der Waals surface area contributed by atoms with E-state index in [0.29, 0.717) is 62.8 Å². The maximum Gasteiger partial charge on any atom is 0.273 e. The number of aryl methyl sites for hydroxylation is 1. The molecule has 4 heterocycles. The Labute approximate surface area is 261 Å². The van der Waals surface area contributed by atoms with E-state index in [1.807, 2.05) is 72.3 Å². The highest BCUT2D eigenvalue weighted by molar-refractivity contribution is 7.13. The summed E-state index contributed by atoms with van der Waals surface area (Å²) < 4.78 is 1.81. The van der Waals surface area contributed by atoms with Crippen molar-refractivity contribution < 1.29 is 14.4 Å². The fraction of sp³-hybridized carbons (Fsp3) is 0.394. The highest BCUT2D eigenvalue weighted by Gasteiger charge is 2.34. The number of nitrogens with one attached hydrogen (secondary N) is 1. The van der Waals surface area contributed by atoms with E-state index in [4.69, 9.17) is 4.98 Å². The van der Waals surface area contributed by atoms with Crippen molar-refractivity contribution in [2.75, 3.05) is 19.6 Å². The summed E-state index contributed by atoms with van der Waals surface area (Å²) >= 11 is 1.44. The number of carbonyl (C=O) groups excluding carboxylic acids is 3. The summed E-state index contributed by atoms with van der Waals surface area (Å²) in [6.45, 7) is 3.53. The number of piperidine rings is 1. The summed E-state index contributed by atoms with van der Waals surface area (Å²) in [7, 11) is 0. The Morgan fingerprint density at radius 1 is 0.932 bits per heavy atom. The minimum atomic E-state index is -0.529. The lowest BCUT2D eigenvalue weighted by atomic mass is 9.99. The standard InChI is InChI=1S/C33H37N7O3S/c1-23-34-30-26(21-24-11-4-2-5-12-24)35-31(42)28-15-8-9-18-39(28)29(41)16-10-17-38(19-20-40(30)37-23)33(43)27-22-44-32(36-27)25-13-6-3-7-14-25/h2-7,11-14,22,26,28H,8-10,15-21H2,1H3,(H,35,42)/t26-,28+/m1/s1. The molecule has 2 aliphatic rings. The minimum Gasteiger partial charge on any atom is -0.344 e. The van der Waals surface area contributed by atoms with Gasteiger partial charge in [-0.25, -0.2) is 14.6 Å². The Balaban J connectivity index is 1.31. The summed E-state index contributed by atoms with van der Waals surface area (Å²) in [5.74, 6) is 0.853. The lowest BCUT2D eigenvalue weighted by Gasteiger charge is -2.36. The third-order valence-electron chi connectivity index (χ3n) is 8.27. The number of benzene rings is 2. The Kier molecular flexibility index (Phi) is 9.11.